The molecule has 1 unspecified atom stereocenters. The molecule has 0 aromatic rings. The number of ketones is 1. The normalized spacial score (nSPS) is 26.5. The summed E-state index contributed by atoms with van der Waals surface area (Å²) in [6, 6.07) is 0. The SMILES string of the molecule is [CH2]C(=O)C1(CCCCCC)CNCCN1. The molecule has 1 fully saturated rings. The Labute approximate surface area is 93.0 Å². The van der Waals surface area contributed by atoms with Gasteiger partial charge in [-0.1, -0.05) is 32.6 Å². The van der Waals surface area contributed by atoms with Crippen LogP contribution in [0.2, 0.25) is 0 Å². The topological polar surface area (TPSA) is 41.1 Å². The molecule has 0 aliphatic carbocycles. The molecule has 0 spiro atoms. The molecule has 0 aromatic carbocycles. The number of carbonyl (C=O) groups is 1. The Morgan fingerprint density at radius 3 is 2.67 bits per heavy atom. The van der Waals surface area contributed by atoms with Crippen molar-refractivity contribution in [3.05, 3.63) is 6.92 Å². The van der Waals surface area contributed by atoms with E-state index in [-0.39, 0.29) is 11.3 Å². The summed E-state index contributed by atoms with van der Waals surface area (Å²) in [5.41, 5.74) is -0.383. The molecule has 1 saturated heterocycles. The molecule has 1 atom stereocenters. The van der Waals surface area contributed by atoms with Gasteiger partial charge in [0, 0.05) is 26.6 Å². The molecule has 0 saturated carbocycles. The molecular weight excluding hydrogens is 188 g/mol. The summed E-state index contributed by atoms with van der Waals surface area (Å²) in [6.07, 6.45) is 5.74. The first kappa shape index (κ1) is 12.7. The number of hydrogen-bond donors (Lipinski definition) is 2. The first-order valence-corrected chi connectivity index (χ1v) is 6.03. The van der Waals surface area contributed by atoms with Gasteiger partial charge in [-0.2, -0.15) is 0 Å². The summed E-state index contributed by atoms with van der Waals surface area (Å²) in [5.74, 6) is 0.0335. The number of carbonyl (C=O) groups excluding carboxylic acids is 1. The highest BCUT2D eigenvalue weighted by atomic mass is 16.1. The van der Waals surface area contributed by atoms with Gasteiger partial charge in [0.1, 0.15) is 0 Å². The van der Waals surface area contributed by atoms with Gasteiger partial charge in [-0.05, 0) is 6.42 Å². The molecule has 1 radical (unpaired) electrons. The van der Waals surface area contributed by atoms with Crippen LogP contribution >= 0.6 is 0 Å². The second-order valence-corrected chi connectivity index (χ2v) is 4.42. The van der Waals surface area contributed by atoms with Crippen LogP contribution in [0.1, 0.15) is 39.0 Å². The summed E-state index contributed by atoms with van der Waals surface area (Å²) >= 11 is 0. The average molecular weight is 211 g/mol. The zero-order valence-electron chi connectivity index (χ0n) is 9.77. The Morgan fingerprint density at radius 2 is 2.13 bits per heavy atom. The fraction of sp³-hybridized carbons (Fsp3) is 0.833. The van der Waals surface area contributed by atoms with Crippen molar-refractivity contribution in [3.8, 4) is 0 Å². The first-order valence-electron chi connectivity index (χ1n) is 6.03. The van der Waals surface area contributed by atoms with Crippen molar-refractivity contribution in [2.75, 3.05) is 19.6 Å². The van der Waals surface area contributed by atoms with Gasteiger partial charge in [0.25, 0.3) is 0 Å². The summed E-state index contributed by atoms with van der Waals surface area (Å²) in [4.78, 5) is 11.6. The van der Waals surface area contributed by atoms with E-state index in [1.54, 1.807) is 0 Å². The van der Waals surface area contributed by atoms with E-state index in [9.17, 15) is 4.79 Å². The highest BCUT2D eigenvalue weighted by molar-refractivity contribution is 5.92. The lowest BCUT2D eigenvalue weighted by atomic mass is 9.86. The lowest BCUT2D eigenvalue weighted by molar-refractivity contribution is -0.121. The smallest absolute Gasteiger partial charge is 0.154 e. The molecule has 0 amide bonds. The quantitative estimate of drug-likeness (QED) is 0.651. The molecule has 1 aliphatic rings. The van der Waals surface area contributed by atoms with E-state index in [4.69, 9.17) is 0 Å². The van der Waals surface area contributed by atoms with Crippen molar-refractivity contribution in [1.29, 1.82) is 0 Å². The van der Waals surface area contributed by atoms with Crippen molar-refractivity contribution in [2.45, 2.75) is 44.6 Å². The molecule has 1 aliphatic heterocycles. The number of nitrogens with one attached hydrogen (secondary N) is 2. The van der Waals surface area contributed by atoms with E-state index in [2.05, 4.69) is 24.5 Å². The monoisotopic (exact) mass is 211 g/mol. The summed E-state index contributed by atoms with van der Waals surface area (Å²) < 4.78 is 0. The second kappa shape index (κ2) is 6.23. The lowest BCUT2D eigenvalue weighted by Crippen LogP contribution is -2.63. The maximum atomic E-state index is 11.6. The Kier molecular flexibility index (Phi) is 5.26. The van der Waals surface area contributed by atoms with Crippen LogP contribution in [0, 0.1) is 6.92 Å². The van der Waals surface area contributed by atoms with Gasteiger partial charge in [-0.3, -0.25) is 4.79 Å². The maximum Gasteiger partial charge on any atom is 0.154 e. The van der Waals surface area contributed by atoms with E-state index in [1.165, 1.54) is 19.3 Å². The Hall–Kier alpha value is -0.410. The van der Waals surface area contributed by atoms with Gasteiger partial charge in [-0.15, -0.1) is 0 Å². The Morgan fingerprint density at radius 1 is 1.33 bits per heavy atom. The fourth-order valence-electron chi connectivity index (χ4n) is 2.12. The number of hydrogen-bond acceptors (Lipinski definition) is 3. The van der Waals surface area contributed by atoms with Crippen molar-refractivity contribution in [2.24, 2.45) is 0 Å². The van der Waals surface area contributed by atoms with Gasteiger partial charge in [0.2, 0.25) is 0 Å². The van der Waals surface area contributed by atoms with E-state index in [0.717, 1.165) is 32.5 Å². The molecule has 15 heavy (non-hydrogen) atoms. The van der Waals surface area contributed by atoms with Gasteiger partial charge in [-0.25, -0.2) is 0 Å². The highest BCUT2D eigenvalue weighted by Gasteiger charge is 2.35. The second-order valence-electron chi connectivity index (χ2n) is 4.42. The molecule has 3 heteroatoms. The molecule has 1 rings (SSSR count). The maximum absolute atomic E-state index is 11.6. The van der Waals surface area contributed by atoms with Crippen LogP contribution in [0.4, 0.5) is 0 Å². The third-order valence-corrected chi connectivity index (χ3v) is 3.18. The predicted molar refractivity (Wildman–Crippen MR) is 62.7 cm³/mol. The zero-order chi connectivity index (χ0) is 11.1. The van der Waals surface area contributed by atoms with Gasteiger partial charge < -0.3 is 10.6 Å². The molecular formula is C12H23N2O. The van der Waals surface area contributed by atoms with Crippen molar-refractivity contribution >= 4 is 5.78 Å². The molecule has 0 aromatic heterocycles. The molecule has 2 N–H and O–H groups in total. The van der Waals surface area contributed by atoms with Crippen LogP contribution < -0.4 is 10.6 Å². The van der Waals surface area contributed by atoms with Crippen LogP contribution in [0.3, 0.4) is 0 Å². The third kappa shape index (κ3) is 3.58. The highest BCUT2D eigenvalue weighted by Crippen LogP contribution is 2.18. The minimum Gasteiger partial charge on any atom is -0.313 e. The standard InChI is InChI=1S/C12H23N2O/c1-3-4-5-6-7-12(11(2)15)10-13-8-9-14-12/h13-14H,2-10H2,1H3. The molecule has 1 heterocycles. The zero-order valence-corrected chi connectivity index (χ0v) is 9.77. The van der Waals surface area contributed by atoms with Crippen LogP contribution in [0.15, 0.2) is 0 Å². The minimum atomic E-state index is -0.383. The molecule has 87 valence electrons. The number of rotatable bonds is 6. The summed E-state index contributed by atoms with van der Waals surface area (Å²) in [5, 5.41) is 6.61. The summed E-state index contributed by atoms with van der Waals surface area (Å²) in [7, 11) is 0. The predicted octanol–water partition coefficient (Wildman–Crippen LogP) is 1.29. The first-order chi connectivity index (χ1) is 7.21. The van der Waals surface area contributed by atoms with Gasteiger partial charge >= 0.3 is 0 Å². The van der Waals surface area contributed by atoms with Crippen LogP contribution in [-0.2, 0) is 4.79 Å². The fourth-order valence-corrected chi connectivity index (χ4v) is 2.12. The molecule has 3 nitrogen and oxygen atoms in total. The third-order valence-electron chi connectivity index (χ3n) is 3.18. The Balaban J connectivity index is 2.39. The lowest BCUT2D eigenvalue weighted by Gasteiger charge is -2.36. The van der Waals surface area contributed by atoms with Gasteiger partial charge in [0.15, 0.2) is 5.78 Å². The van der Waals surface area contributed by atoms with Crippen molar-refractivity contribution in [1.82, 2.24) is 10.6 Å². The molecule has 0 bridgehead atoms. The van der Waals surface area contributed by atoms with E-state index < -0.39 is 0 Å². The number of unbranched alkanes of at least 4 members (excludes halogenated alkanes) is 3. The largest absolute Gasteiger partial charge is 0.313 e. The Bertz CT molecular complexity index is 198. The van der Waals surface area contributed by atoms with E-state index in [1.807, 2.05) is 0 Å². The van der Waals surface area contributed by atoms with Gasteiger partial charge in [0.05, 0.1) is 5.54 Å². The van der Waals surface area contributed by atoms with Crippen LogP contribution in [0.25, 0.3) is 0 Å². The van der Waals surface area contributed by atoms with Crippen LogP contribution in [-0.4, -0.2) is 31.0 Å². The summed E-state index contributed by atoms with van der Waals surface area (Å²) in [6.45, 7) is 8.34. The van der Waals surface area contributed by atoms with E-state index in [0.29, 0.717) is 0 Å². The van der Waals surface area contributed by atoms with Crippen molar-refractivity contribution in [3.63, 3.8) is 0 Å². The van der Waals surface area contributed by atoms with E-state index >= 15 is 0 Å². The van der Waals surface area contributed by atoms with Crippen molar-refractivity contribution < 1.29 is 4.79 Å². The number of Topliss-reactive ketones (excluding diaryl/α,β-unsaturated/α-hetero) is 1. The average Bonchev–Trinajstić information content (AvgIpc) is 2.26. The number of piperazine rings is 1. The minimum absolute atomic E-state index is 0.0335. The van der Waals surface area contributed by atoms with Crippen LogP contribution in [0.5, 0.6) is 0 Å².